The van der Waals surface area contributed by atoms with Crippen LogP contribution in [0.25, 0.3) is 0 Å². The lowest BCUT2D eigenvalue weighted by molar-refractivity contribution is -0.320. The first kappa shape index (κ1) is 33.7. The van der Waals surface area contributed by atoms with Crippen molar-refractivity contribution in [3.05, 3.63) is 35.9 Å². The van der Waals surface area contributed by atoms with Crippen molar-refractivity contribution in [2.75, 3.05) is 6.54 Å². The van der Waals surface area contributed by atoms with Gasteiger partial charge < -0.3 is 24.8 Å². The summed E-state index contributed by atoms with van der Waals surface area (Å²) < 4.78 is 104. The van der Waals surface area contributed by atoms with E-state index in [0.717, 1.165) is 0 Å². The predicted molar refractivity (Wildman–Crippen MR) is 144 cm³/mol. The highest BCUT2D eigenvalue weighted by Crippen LogP contribution is 2.44. The second-order valence-electron chi connectivity index (χ2n) is 12.3. The van der Waals surface area contributed by atoms with E-state index in [0.29, 0.717) is 24.8 Å². The fourth-order valence-corrected chi connectivity index (χ4v) is 5.76. The van der Waals surface area contributed by atoms with Crippen LogP contribution in [-0.2, 0) is 20.8 Å². The van der Waals surface area contributed by atoms with Crippen molar-refractivity contribution in [1.29, 1.82) is 0 Å². The SMILES string of the molecule is CC(C)(C)OC(=O)NC1CC(C(F)(F)F)C2NCCCCCC[C@](OCc3ccccc3)(C(F)(F)F)C3NNC(O3)C1N2. The number of hydrazine groups is 1. The van der Waals surface area contributed by atoms with E-state index < -0.39 is 79.1 Å². The van der Waals surface area contributed by atoms with Crippen molar-refractivity contribution in [2.24, 2.45) is 5.92 Å². The van der Waals surface area contributed by atoms with E-state index in [2.05, 4.69) is 26.8 Å². The number of benzene rings is 1. The highest BCUT2D eigenvalue weighted by Gasteiger charge is 2.64. The van der Waals surface area contributed by atoms with Crippen LogP contribution in [0, 0.1) is 5.92 Å². The van der Waals surface area contributed by atoms with Crippen LogP contribution in [0.5, 0.6) is 0 Å². The number of ether oxygens (including phenoxy) is 3. The standard InChI is InChI=1S/C28H41F6N5O4/c1-25(2,3)43-24(40)36-19-15-18(27(29,30)31)21-35-14-10-5-4-9-13-26(28(32,33)34,41-16-17-11-7-6-8-12-17)23-39-38-22(42-23)20(19)37-21/h6-8,11-12,18-23,35,37-39H,4-5,9-10,13-16H2,1-3H3,(H,36,40)/t18?,19?,20?,21?,22?,23?,26-/m1/s1. The minimum absolute atomic E-state index is 0.152. The lowest BCUT2D eigenvalue weighted by atomic mass is 9.85. The molecule has 3 saturated heterocycles. The molecule has 1 aromatic rings. The highest BCUT2D eigenvalue weighted by atomic mass is 19.4. The van der Waals surface area contributed by atoms with Gasteiger partial charge in [-0.15, -0.1) is 0 Å². The first-order chi connectivity index (χ1) is 20.1. The van der Waals surface area contributed by atoms with Crippen LogP contribution in [0.4, 0.5) is 31.1 Å². The van der Waals surface area contributed by atoms with Crippen LogP contribution in [-0.4, -0.2) is 66.9 Å². The monoisotopic (exact) mass is 625 g/mol. The Labute approximate surface area is 247 Å². The summed E-state index contributed by atoms with van der Waals surface area (Å²) in [5.41, 5.74) is 2.10. The molecule has 3 aliphatic rings. The number of hydrogen-bond donors (Lipinski definition) is 5. The Morgan fingerprint density at radius 3 is 2.37 bits per heavy atom. The molecule has 0 aliphatic carbocycles. The van der Waals surface area contributed by atoms with Gasteiger partial charge in [-0.25, -0.2) is 15.6 Å². The normalized spacial score (nSPS) is 33.0. The molecule has 9 nitrogen and oxygen atoms in total. The summed E-state index contributed by atoms with van der Waals surface area (Å²) in [6.07, 6.45) is -14.1. The third kappa shape index (κ3) is 8.51. The minimum Gasteiger partial charge on any atom is -0.444 e. The Kier molecular flexibility index (Phi) is 10.5. The Morgan fingerprint density at radius 1 is 1.02 bits per heavy atom. The number of carbonyl (C=O) groups is 1. The van der Waals surface area contributed by atoms with Crippen LogP contribution in [0.15, 0.2) is 30.3 Å². The molecule has 0 spiro atoms. The summed E-state index contributed by atoms with van der Waals surface area (Å²) in [4.78, 5) is 12.7. The zero-order valence-electron chi connectivity index (χ0n) is 24.4. The zero-order valence-corrected chi connectivity index (χ0v) is 24.4. The summed E-state index contributed by atoms with van der Waals surface area (Å²) >= 11 is 0. The molecule has 0 radical (unpaired) electrons. The topological polar surface area (TPSA) is 105 Å². The van der Waals surface area contributed by atoms with E-state index in [9.17, 15) is 31.1 Å². The van der Waals surface area contributed by atoms with Gasteiger partial charge in [0.15, 0.2) is 6.23 Å². The number of fused-ring (bicyclic) bond motifs is 5. The van der Waals surface area contributed by atoms with E-state index in [-0.39, 0.29) is 19.6 Å². The van der Waals surface area contributed by atoms with Crippen molar-refractivity contribution < 1.29 is 45.3 Å². The van der Waals surface area contributed by atoms with Gasteiger partial charge in [-0.2, -0.15) is 26.3 Å². The van der Waals surface area contributed by atoms with Crippen molar-refractivity contribution in [3.8, 4) is 0 Å². The van der Waals surface area contributed by atoms with Gasteiger partial charge in [-0.3, -0.25) is 5.32 Å². The molecule has 244 valence electrons. The Bertz CT molecular complexity index is 1060. The van der Waals surface area contributed by atoms with Gasteiger partial charge in [0, 0.05) is 0 Å². The number of piperidine rings is 1. The first-order valence-corrected chi connectivity index (χ1v) is 14.6. The van der Waals surface area contributed by atoms with E-state index in [4.69, 9.17) is 14.2 Å². The Morgan fingerprint density at radius 2 is 1.72 bits per heavy atom. The van der Waals surface area contributed by atoms with Gasteiger partial charge >= 0.3 is 18.4 Å². The Balaban J connectivity index is 1.65. The summed E-state index contributed by atoms with van der Waals surface area (Å²) in [6.45, 7) is 4.70. The lowest BCUT2D eigenvalue weighted by Crippen LogP contribution is -2.70. The molecule has 1 aromatic carbocycles. The van der Waals surface area contributed by atoms with Crippen molar-refractivity contribution >= 4 is 6.09 Å². The fourth-order valence-electron chi connectivity index (χ4n) is 5.76. The zero-order chi connectivity index (χ0) is 31.5. The molecule has 1 amide bonds. The van der Waals surface area contributed by atoms with Crippen molar-refractivity contribution in [2.45, 2.75) is 120 Å². The second kappa shape index (κ2) is 13.4. The van der Waals surface area contributed by atoms with Gasteiger partial charge in [-0.1, -0.05) is 49.6 Å². The third-order valence-electron chi connectivity index (χ3n) is 7.89. The maximum Gasteiger partial charge on any atom is 0.421 e. The molecule has 43 heavy (non-hydrogen) atoms. The summed E-state index contributed by atoms with van der Waals surface area (Å²) in [6, 6.07) is 6.14. The van der Waals surface area contributed by atoms with Crippen molar-refractivity contribution in [3.63, 3.8) is 0 Å². The maximum atomic E-state index is 15.0. The largest absolute Gasteiger partial charge is 0.444 e. The van der Waals surface area contributed by atoms with E-state index in [1.807, 2.05) is 0 Å². The van der Waals surface area contributed by atoms with Crippen LogP contribution in [0.2, 0.25) is 0 Å². The number of carbonyl (C=O) groups excluding carboxylic acids is 1. The molecule has 3 aliphatic heterocycles. The fraction of sp³-hybridized carbons (Fsp3) is 0.750. The number of nitrogens with one attached hydrogen (secondary N) is 5. The quantitative estimate of drug-likeness (QED) is 0.310. The lowest BCUT2D eigenvalue weighted by Gasteiger charge is -2.45. The van der Waals surface area contributed by atoms with Crippen LogP contribution in [0.3, 0.4) is 0 Å². The van der Waals surface area contributed by atoms with Crippen molar-refractivity contribution in [1.82, 2.24) is 26.8 Å². The van der Waals surface area contributed by atoms with Gasteiger partial charge in [0.25, 0.3) is 0 Å². The number of hydrogen-bond acceptors (Lipinski definition) is 8. The molecule has 3 fully saturated rings. The number of halogens is 6. The molecule has 4 rings (SSSR count). The first-order valence-electron chi connectivity index (χ1n) is 14.6. The molecule has 15 heteroatoms. The number of rotatable bonds is 4. The summed E-state index contributed by atoms with van der Waals surface area (Å²) in [5.74, 6) is -1.90. The molecule has 4 bridgehead atoms. The molecule has 6 unspecified atom stereocenters. The molecular weight excluding hydrogens is 584 g/mol. The molecule has 5 N–H and O–H groups in total. The second-order valence-corrected chi connectivity index (χ2v) is 12.3. The number of amides is 1. The maximum absolute atomic E-state index is 15.0. The van der Waals surface area contributed by atoms with Crippen LogP contribution < -0.4 is 26.8 Å². The van der Waals surface area contributed by atoms with Gasteiger partial charge in [0.2, 0.25) is 5.60 Å². The Hall–Kier alpha value is -2.17. The molecule has 0 saturated carbocycles. The molecule has 0 aromatic heterocycles. The van der Waals surface area contributed by atoms with Crippen LogP contribution >= 0.6 is 0 Å². The molecule has 7 atom stereocenters. The van der Waals surface area contributed by atoms with E-state index in [1.165, 1.54) is 0 Å². The van der Waals surface area contributed by atoms with E-state index in [1.54, 1.807) is 51.1 Å². The highest BCUT2D eigenvalue weighted by molar-refractivity contribution is 5.68. The van der Waals surface area contributed by atoms with Gasteiger partial charge in [-0.05, 0) is 52.1 Å². The minimum atomic E-state index is -4.87. The number of alkyl carbamates (subject to hydrolysis) is 1. The number of alkyl halides is 6. The van der Waals surface area contributed by atoms with Gasteiger partial charge in [0.1, 0.15) is 11.8 Å². The molecule has 3 heterocycles. The average Bonchev–Trinajstić information content (AvgIpc) is 3.38. The van der Waals surface area contributed by atoms with Crippen LogP contribution in [0.1, 0.15) is 64.9 Å². The third-order valence-corrected chi connectivity index (χ3v) is 7.89. The predicted octanol–water partition coefficient (Wildman–Crippen LogP) is 4.59. The summed E-state index contributed by atoms with van der Waals surface area (Å²) in [7, 11) is 0. The summed E-state index contributed by atoms with van der Waals surface area (Å²) in [5, 5.41) is 8.31. The molecular formula is C28H41F6N5O4. The smallest absolute Gasteiger partial charge is 0.421 e. The van der Waals surface area contributed by atoms with E-state index >= 15 is 0 Å². The average molecular weight is 626 g/mol. The van der Waals surface area contributed by atoms with Gasteiger partial charge in [0.05, 0.1) is 30.8 Å².